The van der Waals surface area contributed by atoms with Crippen molar-refractivity contribution >= 4 is 11.6 Å². The molecule has 4 nitrogen and oxygen atoms in total. The van der Waals surface area contributed by atoms with E-state index in [2.05, 4.69) is 10.4 Å². The summed E-state index contributed by atoms with van der Waals surface area (Å²) in [5.41, 5.74) is 1.52. The monoisotopic (exact) mass is 359 g/mol. The Morgan fingerprint density at radius 1 is 1.19 bits per heavy atom. The molecule has 0 fully saturated rings. The quantitative estimate of drug-likeness (QED) is 0.732. The van der Waals surface area contributed by atoms with E-state index in [0.29, 0.717) is 22.4 Å². The molecule has 134 valence electrons. The third kappa shape index (κ3) is 3.46. The first-order valence-electron chi connectivity index (χ1n) is 7.85. The van der Waals surface area contributed by atoms with Crippen LogP contribution in [0.4, 0.5) is 18.9 Å². The van der Waals surface area contributed by atoms with Gasteiger partial charge in [-0.3, -0.25) is 9.48 Å². The molecule has 0 aliphatic rings. The van der Waals surface area contributed by atoms with Gasteiger partial charge in [-0.15, -0.1) is 0 Å². The number of carbonyl (C=O) groups is 1. The van der Waals surface area contributed by atoms with Crippen LogP contribution >= 0.6 is 0 Å². The number of halogens is 3. The van der Waals surface area contributed by atoms with Crippen LogP contribution in [-0.4, -0.2) is 15.7 Å². The average molecular weight is 359 g/mol. The maximum atomic E-state index is 13.5. The number of aryl methyl sites for hydroxylation is 2. The van der Waals surface area contributed by atoms with Crippen LogP contribution < -0.4 is 5.32 Å². The van der Waals surface area contributed by atoms with E-state index in [1.165, 1.54) is 24.0 Å². The normalized spacial score (nSPS) is 11.0. The molecule has 0 aliphatic heterocycles. The second-order valence-corrected chi connectivity index (χ2v) is 5.87. The fraction of sp³-hybridized carbons (Fsp3) is 0.158. The van der Waals surface area contributed by atoms with Crippen LogP contribution in [0.25, 0.3) is 11.1 Å². The first-order valence-corrected chi connectivity index (χ1v) is 7.85. The number of para-hydroxylation sites is 1. The average Bonchev–Trinajstić information content (AvgIpc) is 3.00. The second-order valence-electron chi connectivity index (χ2n) is 5.87. The van der Waals surface area contributed by atoms with Crippen LogP contribution in [0.3, 0.4) is 0 Å². The van der Waals surface area contributed by atoms with Gasteiger partial charge in [-0.2, -0.15) is 5.10 Å². The highest BCUT2D eigenvalue weighted by atomic mass is 19.3. The summed E-state index contributed by atoms with van der Waals surface area (Å²) in [5, 5.41) is 6.29. The molecule has 7 heteroatoms. The lowest BCUT2D eigenvalue weighted by molar-refractivity contribution is 0.101. The van der Waals surface area contributed by atoms with Crippen molar-refractivity contribution in [2.45, 2.75) is 13.3 Å². The third-order valence-electron chi connectivity index (χ3n) is 3.95. The van der Waals surface area contributed by atoms with E-state index >= 15 is 0 Å². The van der Waals surface area contributed by atoms with Crippen LogP contribution in [0.5, 0.6) is 0 Å². The Kier molecular flexibility index (Phi) is 4.79. The highest BCUT2D eigenvalue weighted by Gasteiger charge is 2.23. The molecule has 1 aromatic heterocycles. The zero-order valence-electron chi connectivity index (χ0n) is 14.1. The number of nitrogens with one attached hydrogen (secondary N) is 1. The van der Waals surface area contributed by atoms with Gasteiger partial charge in [-0.1, -0.05) is 24.3 Å². The van der Waals surface area contributed by atoms with Gasteiger partial charge in [0.1, 0.15) is 11.5 Å². The van der Waals surface area contributed by atoms with Gasteiger partial charge < -0.3 is 5.32 Å². The number of anilines is 1. The van der Waals surface area contributed by atoms with E-state index in [9.17, 15) is 18.0 Å². The van der Waals surface area contributed by atoms with Crippen molar-refractivity contribution in [1.29, 1.82) is 0 Å². The SMILES string of the molecule is Cc1cc(-c2ccccc2NC(=O)c2cn(C)nc2C(F)F)ccc1F. The van der Waals surface area contributed by atoms with Crippen molar-refractivity contribution in [3.05, 3.63) is 71.3 Å². The first kappa shape index (κ1) is 17.7. The lowest BCUT2D eigenvalue weighted by atomic mass is 10.0. The fourth-order valence-corrected chi connectivity index (χ4v) is 2.69. The minimum absolute atomic E-state index is 0.187. The Morgan fingerprint density at radius 2 is 1.92 bits per heavy atom. The van der Waals surface area contributed by atoms with E-state index in [1.54, 1.807) is 43.3 Å². The molecule has 0 unspecified atom stereocenters. The van der Waals surface area contributed by atoms with Crippen molar-refractivity contribution in [1.82, 2.24) is 9.78 Å². The standard InChI is InChI=1S/C19H16F3N3O/c1-11-9-12(7-8-15(11)20)13-5-3-4-6-16(13)23-19(26)14-10-25(2)24-17(14)18(21)22/h3-10,18H,1-2H3,(H,23,26). The van der Waals surface area contributed by atoms with Gasteiger partial charge >= 0.3 is 0 Å². The summed E-state index contributed by atoms with van der Waals surface area (Å²) >= 11 is 0. The van der Waals surface area contributed by atoms with Crippen molar-refractivity contribution in [3.63, 3.8) is 0 Å². The summed E-state index contributed by atoms with van der Waals surface area (Å²) in [6, 6.07) is 11.5. The summed E-state index contributed by atoms with van der Waals surface area (Å²) in [4.78, 5) is 12.5. The predicted octanol–water partition coefficient (Wildman–Crippen LogP) is 4.72. The maximum absolute atomic E-state index is 13.5. The van der Waals surface area contributed by atoms with Gasteiger partial charge in [-0.25, -0.2) is 13.2 Å². The number of nitrogens with zero attached hydrogens (tertiary/aromatic N) is 2. The van der Waals surface area contributed by atoms with Crippen LogP contribution in [0, 0.1) is 12.7 Å². The van der Waals surface area contributed by atoms with Crippen LogP contribution in [0.1, 0.15) is 28.0 Å². The molecule has 1 heterocycles. The molecule has 0 saturated heterocycles. The molecule has 2 aromatic carbocycles. The van der Waals surface area contributed by atoms with Crippen molar-refractivity contribution < 1.29 is 18.0 Å². The van der Waals surface area contributed by atoms with E-state index < -0.39 is 18.0 Å². The topological polar surface area (TPSA) is 46.9 Å². The van der Waals surface area contributed by atoms with Crippen LogP contribution in [0.2, 0.25) is 0 Å². The smallest absolute Gasteiger partial charge is 0.282 e. The van der Waals surface area contributed by atoms with Gasteiger partial charge in [-0.05, 0) is 36.2 Å². The highest BCUT2D eigenvalue weighted by molar-refractivity contribution is 6.06. The zero-order valence-corrected chi connectivity index (χ0v) is 14.1. The number of carbonyl (C=O) groups excluding carboxylic acids is 1. The largest absolute Gasteiger partial charge is 0.321 e. The number of rotatable bonds is 4. The van der Waals surface area contributed by atoms with E-state index in [-0.39, 0.29) is 11.4 Å². The maximum Gasteiger partial charge on any atom is 0.282 e. The molecule has 26 heavy (non-hydrogen) atoms. The molecule has 1 amide bonds. The van der Waals surface area contributed by atoms with E-state index in [4.69, 9.17) is 0 Å². The molecule has 0 atom stereocenters. The molecule has 0 radical (unpaired) electrons. The van der Waals surface area contributed by atoms with E-state index in [1.807, 2.05) is 0 Å². The first-order chi connectivity index (χ1) is 12.4. The summed E-state index contributed by atoms with van der Waals surface area (Å²) < 4.78 is 40.8. The zero-order chi connectivity index (χ0) is 18.8. The number of alkyl halides is 2. The lowest BCUT2D eigenvalue weighted by Crippen LogP contribution is -2.14. The minimum Gasteiger partial charge on any atom is -0.321 e. The molecule has 0 spiro atoms. The van der Waals surface area contributed by atoms with Crippen LogP contribution in [0.15, 0.2) is 48.7 Å². The van der Waals surface area contributed by atoms with Gasteiger partial charge in [0.2, 0.25) is 0 Å². The molecule has 3 rings (SSSR count). The summed E-state index contributed by atoms with van der Waals surface area (Å²) in [7, 11) is 1.47. The Balaban J connectivity index is 1.96. The van der Waals surface area contributed by atoms with Gasteiger partial charge in [0, 0.05) is 24.5 Å². The highest BCUT2D eigenvalue weighted by Crippen LogP contribution is 2.30. The summed E-state index contributed by atoms with van der Waals surface area (Å²) in [6.07, 6.45) is -1.60. The summed E-state index contributed by atoms with van der Waals surface area (Å²) in [5.74, 6) is -1.01. The number of aromatic nitrogens is 2. The van der Waals surface area contributed by atoms with Crippen LogP contribution in [-0.2, 0) is 7.05 Å². The minimum atomic E-state index is -2.85. The third-order valence-corrected chi connectivity index (χ3v) is 3.95. The molecule has 0 saturated carbocycles. The number of amides is 1. The fourth-order valence-electron chi connectivity index (χ4n) is 2.69. The molecule has 3 aromatic rings. The van der Waals surface area contributed by atoms with Gasteiger partial charge in [0.05, 0.1) is 5.56 Å². The van der Waals surface area contributed by atoms with E-state index in [0.717, 1.165) is 0 Å². The van der Waals surface area contributed by atoms with Gasteiger partial charge in [0.25, 0.3) is 12.3 Å². The van der Waals surface area contributed by atoms with Crippen molar-refractivity contribution in [2.75, 3.05) is 5.32 Å². The molecular formula is C19H16F3N3O. The molecular weight excluding hydrogens is 343 g/mol. The predicted molar refractivity (Wildman–Crippen MR) is 92.7 cm³/mol. The van der Waals surface area contributed by atoms with Crippen molar-refractivity contribution in [3.8, 4) is 11.1 Å². The Labute approximate surface area is 148 Å². The Morgan fingerprint density at radius 3 is 2.62 bits per heavy atom. The molecule has 1 N–H and O–H groups in total. The molecule has 0 bridgehead atoms. The molecule has 0 aliphatic carbocycles. The lowest BCUT2D eigenvalue weighted by Gasteiger charge is -2.12. The number of hydrogen-bond donors (Lipinski definition) is 1. The Hall–Kier alpha value is -3.09. The number of hydrogen-bond acceptors (Lipinski definition) is 2. The second kappa shape index (κ2) is 7.03. The Bertz CT molecular complexity index is 966. The van der Waals surface area contributed by atoms with Crippen molar-refractivity contribution in [2.24, 2.45) is 7.05 Å². The van der Waals surface area contributed by atoms with Gasteiger partial charge in [0.15, 0.2) is 0 Å². The number of benzene rings is 2. The summed E-state index contributed by atoms with van der Waals surface area (Å²) in [6.45, 7) is 1.64.